The molecule has 2 heterocycles. The van der Waals surface area contributed by atoms with Gasteiger partial charge in [-0.1, -0.05) is 24.1 Å². The molecular formula is C25H30ClN3O3. The number of unbranched alkanes of at least 4 members (excludes halogenated alkanes) is 1. The molecule has 7 heteroatoms. The van der Waals surface area contributed by atoms with Crippen LogP contribution < -0.4 is 14.5 Å². The number of halogens is 1. The Kier molecular flexibility index (Phi) is 7.33. The molecule has 32 heavy (non-hydrogen) atoms. The standard InChI is InChI=1S/C25H30ClN3O3/c1-32-23-10-8-21(9-11-23)29-24(30)17-19(25(29)31)5-2-3-12-27-13-15-28(16-14-27)22-7-4-6-20(26)18-22/h4,6-11,18-19H,2-3,5,12-17H2,1H3. The first-order valence-corrected chi connectivity index (χ1v) is 11.7. The molecule has 0 aliphatic carbocycles. The van der Waals surface area contributed by atoms with Crippen molar-refractivity contribution < 1.29 is 14.3 Å². The minimum absolute atomic E-state index is 0.0738. The molecule has 4 rings (SSSR count). The molecule has 0 saturated carbocycles. The Balaban J connectivity index is 1.19. The second-order valence-corrected chi connectivity index (χ2v) is 8.91. The molecule has 2 aromatic rings. The molecule has 0 bridgehead atoms. The molecule has 2 aliphatic rings. The lowest BCUT2D eigenvalue weighted by Gasteiger charge is -2.36. The van der Waals surface area contributed by atoms with Crippen molar-refractivity contribution in [1.29, 1.82) is 0 Å². The van der Waals surface area contributed by atoms with Crippen LogP contribution in [0, 0.1) is 5.92 Å². The van der Waals surface area contributed by atoms with Crippen LogP contribution in [0.25, 0.3) is 0 Å². The maximum Gasteiger partial charge on any atom is 0.237 e. The lowest BCUT2D eigenvalue weighted by atomic mass is 10.0. The first kappa shape index (κ1) is 22.6. The van der Waals surface area contributed by atoms with Crippen LogP contribution in [0.4, 0.5) is 11.4 Å². The second kappa shape index (κ2) is 10.4. The van der Waals surface area contributed by atoms with Gasteiger partial charge in [0.15, 0.2) is 0 Å². The van der Waals surface area contributed by atoms with E-state index in [9.17, 15) is 9.59 Å². The smallest absolute Gasteiger partial charge is 0.237 e. The van der Waals surface area contributed by atoms with E-state index in [1.54, 1.807) is 31.4 Å². The summed E-state index contributed by atoms with van der Waals surface area (Å²) in [6, 6.07) is 15.1. The fourth-order valence-corrected chi connectivity index (χ4v) is 4.74. The van der Waals surface area contributed by atoms with E-state index < -0.39 is 0 Å². The van der Waals surface area contributed by atoms with E-state index >= 15 is 0 Å². The molecule has 0 N–H and O–H groups in total. The van der Waals surface area contributed by atoms with E-state index in [1.807, 2.05) is 18.2 Å². The number of ether oxygens (including phenoxy) is 1. The molecule has 2 aromatic carbocycles. The van der Waals surface area contributed by atoms with Crippen molar-refractivity contribution in [2.45, 2.75) is 25.7 Å². The van der Waals surface area contributed by atoms with Crippen LogP contribution in [0.1, 0.15) is 25.7 Å². The Morgan fingerprint density at radius 2 is 1.72 bits per heavy atom. The SMILES string of the molecule is COc1ccc(N2C(=O)CC(CCCCN3CCN(c4cccc(Cl)c4)CC3)C2=O)cc1. The highest BCUT2D eigenvalue weighted by Crippen LogP contribution is 2.30. The molecular weight excluding hydrogens is 426 g/mol. The van der Waals surface area contributed by atoms with Crippen molar-refractivity contribution in [3.05, 3.63) is 53.6 Å². The third-order valence-electron chi connectivity index (χ3n) is 6.39. The van der Waals surface area contributed by atoms with Gasteiger partial charge in [0.1, 0.15) is 5.75 Å². The van der Waals surface area contributed by atoms with Gasteiger partial charge < -0.3 is 9.64 Å². The predicted molar refractivity (Wildman–Crippen MR) is 128 cm³/mol. The highest BCUT2D eigenvalue weighted by molar-refractivity contribution is 6.30. The van der Waals surface area contributed by atoms with E-state index in [0.717, 1.165) is 57.0 Å². The van der Waals surface area contributed by atoms with Gasteiger partial charge in [0, 0.05) is 49.2 Å². The summed E-state index contributed by atoms with van der Waals surface area (Å²) in [7, 11) is 1.59. The topological polar surface area (TPSA) is 53.1 Å². The van der Waals surface area contributed by atoms with Crippen molar-refractivity contribution in [3.8, 4) is 5.75 Å². The van der Waals surface area contributed by atoms with Gasteiger partial charge in [0.05, 0.1) is 12.8 Å². The van der Waals surface area contributed by atoms with Gasteiger partial charge in [-0.05, 0) is 61.9 Å². The molecule has 0 spiro atoms. The zero-order valence-electron chi connectivity index (χ0n) is 18.5. The number of carbonyl (C=O) groups is 2. The molecule has 2 saturated heterocycles. The maximum absolute atomic E-state index is 12.8. The number of nitrogens with zero attached hydrogens (tertiary/aromatic N) is 3. The molecule has 0 aromatic heterocycles. The van der Waals surface area contributed by atoms with Crippen LogP contribution in [0.5, 0.6) is 5.75 Å². The zero-order valence-corrected chi connectivity index (χ0v) is 19.3. The average Bonchev–Trinajstić information content (AvgIpc) is 3.10. The lowest BCUT2D eigenvalue weighted by Crippen LogP contribution is -2.46. The number of piperazine rings is 1. The van der Waals surface area contributed by atoms with Gasteiger partial charge in [-0.2, -0.15) is 0 Å². The summed E-state index contributed by atoms with van der Waals surface area (Å²) in [6.45, 7) is 5.07. The number of anilines is 2. The lowest BCUT2D eigenvalue weighted by molar-refractivity contribution is -0.122. The van der Waals surface area contributed by atoms with Crippen molar-refractivity contribution in [1.82, 2.24) is 4.90 Å². The van der Waals surface area contributed by atoms with Gasteiger partial charge in [-0.3, -0.25) is 19.4 Å². The highest BCUT2D eigenvalue weighted by Gasteiger charge is 2.38. The second-order valence-electron chi connectivity index (χ2n) is 8.47. The molecule has 2 aliphatic heterocycles. The van der Waals surface area contributed by atoms with Crippen molar-refractivity contribution >= 4 is 34.8 Å². The number of benzene rings is 2. The van der Waals surface area contributed by atoms with Crippen molar-refractivity contribution in [2.24, 2.45) is 5.92 Å². The van der Waals surface area contributed by atoms with Crippen LogP contribution in [0.2, 0.25) is 5.02 Å². The molecule has 0 radical (unpaired) electrons. The summed E-state index contributed by atoms with van der Waals surface area (Å²) in [4.78, 5) is 31.4. The number of hydrogen-bond donors (Lipinski definition) is 0. The van der Waals surface area contributed by atoms with E-state index in [2.05, 4.69) is 15.9 Å². The quantitative estimate of drug-likeness (QED) is 0.440. The van der Waals surface area contributed by atoms with E-state index in [1.165, 1.54) is 10.6 Å². The normalized spacial score (nSPS) is 19.6. The summed E-state index contributed by atoms with van der Waals surface area (Å²) in [5.74, 6) is 0.319. The predicted octanol–water partition coefficient (Wildman–Crippen LogP) is 4.22. The Bertz CT molecular complexity index is 942. The zero-order chi connectivity index (χ0) is 22.5. The minimum Gasteiger partial charge on any atom is -0.497 e. The van der Waals surface area contributed by atoms with Crippen LogP contribution in [-0.2, 0) is 9.59 Å². The Morgan fingerprint density at radius 1 is 0.969 bits per heavy atom. The van der Waals surface area contributed by atoms with E-state index in [0.29, 0.717) is 17.9 Å². The minimum atomic E-state index is -0.204. The summed E-state index contributed by atoms with van der Waals surface area (Å²) in [5, 5.41) is 0.774. The Labute approximate surface area is 194 Å². The monoisotopic (exact) mass is 455 g/mol. The largest absolute Gasteiger partial charge is 0.497 e. The Hall–Kier alpha value is -2.57. The molecule has 1 unspecified atom stereocenters. The van der Waals surface area contributed by atoms with E-state index in [-0.39, 0.29) is 17.7 Å². The van der Waals surface area contributed by atoms with Gasteiger partial charge in [0.2, 0.25) is 11.8 Å². The third kappa shape index (κ3) is 5.25. The van der Waals surface area contributed by atoms with Gasteiger partial charge in [-0.15, -0.1) is 0 Å². The first-order chi connectivity index (χ1) is 15.5. The first-order valence-electron chi connectivity index (χ1n) is 11.3. The number of imide groups is 1. The van der Waals surface area contributed by atoms with Gasteiger partial charge in [-0.25, -0.2) is 0 Å². The van der Waals surface area contributed by atoms with Gasteiger partial charge >= 0.3 is 0 Å². The molecule has 1 atom stereocenters. The molecule has 2 amide bonds. The average molecular weight is 456 g/mol. The summed E-state index contributed by atoms with van der Waals surface area (Å²) >= 11 is 6.12. The molecule has 170 valence electrons. The molecule has 6 nitrogen and oxygen atoms in total. The van der Waals surface area contributed by atoms with E-state index in [4.69, 9.17) is 16.3 Å². The third-order valence-corrected chi connectivity index (χ3v) is 6.63. The Morgan fingerprint density at radius 3 is 2.41 bits per heavy atom. The van der Waals surface area contributed by atoms with Crippen LogP contribution >= 0.6 is 11.6 Å². The van der Waals surface area contributed by atoms with Crippen LogP contribution in [0.15, 0.2) is 48.5 Å². The number of carbonyl (C=O) groups excluding carboxylic acids is 2. The van der Waals surface area contributed by atoms with Crippen molar-refractivity contribution in [3.63, 3.8) is 0 Å². The van der Waals surface area contributed by atoms with Crippen LogP contribution in [0.3, 0.4) is 0 Å². The fourth-order valence-electron chi connectivity index (χ4n) is 4.55. The fraction of sp³-hybridized carbons (Fsp3) is 0.440. The van der Waals surface area contributed by atoms with Crippen molar-refractivity contribution in [2.75, 3.05) is 49.6 Å². The number of hydrogen-bond acceptors (Lipinski definition) is 5. The summed E-state index contributed by atoms with van der Waals surface area (Å²) < 4.78 is 5.15. The number of methoxy groups -OCH3 is 1. The molecule has 2 fully saturated rings. The maximum atomic E-state index is 12.8. The number of amides is 2. The number of rotatable bonds is 8. The highest BCUT2D eigenvalue weighted by atomic mass is 35.5. The summed E-state index contributed by atoms with van der Waals surface area (Å²) in [5.41, 5.74) is 1.81. The van der Waals surface area contributed by atoms with Crippen LogP contribution in [-0.4, -0.2) is 56.5 Å². The summed E-state index contributed by atoms with van der Waals surface area (Å²) in [6.07, 6.45) is 3.06. The van der Waals surface area contributed by atoms with Gasteiger partial charge in [0.25, 0.3) is 0 Å².